The summed E-state index contributed by atoms with van der Waals surface area (Å²) in [6.45, 7) is 0.522. The Morgan fingerprint density at radius 2 is 2.05 bits per heavy atom. The number of hydrogen-bond acceptors (Lipinski definition) is 6. The van der Waals surface area contributed by atoms with Gasteiger partial charge in [-0.3, -0.25) is 10.1 Å². The highest BCUT2D eigenvalue weighted by Crippen LogP contribution is 2.25. The largest absolute Gasteiger partial charge is 0.328 e. The van der Waals surface area contributed by atoms with Crippen LogP contribution in [0.5, 0.6) is 0 Å². The van der Waals surface area contributed by atoms with Gasteiger partial charge in [0.1, 0.15) is 0 Å². The first-order valence-electron chi connectivity index (χ1n) is 5.78. The van der Waals surface area contributed by atoms with Crippen LogP contribution in [0, 0.1) is 10.1 Å². The summed E-state index contributed by atoms with van der Waals surface area (Å²) in [4.78, 5) is 13.8. The number of sulfonamides is 1. The highest BCUT2D eigenvalue weighted by molar-refractivity contribution is 7.89. The Bertz CT molecular complexity index is 581. The third-order valence-electron chi connectivity index (χ3n) is 3.03. The van der Waals surface area contributed by atoms with Gasteiger partial charge in [-0.05, 0) is 18.9 Å². The zero-order chi connectivity index (χ0) is 14.0. The van der Waals surface area contributed by atoms with E-state index in [4.69, 9.17) is 5.73 Å². The summed E-state index contributed by atoms with van der Waals surface area (Å²) >= 11 is 0. The molecule has 19 heavy (non-hydrogen) atoms. The van der Waals surface area contributed by atoms with E-state index in [1.165, 1.54) is 16.6 Å². The second kappa shape index (κ2) is 5.19. The van der Waals surface area contributed by atoms with Gasteiger partial charge in [0.05, 0.1) is 4.92 Å². The number of rotatable bonds is 3. The number of pyridine rings is 1. The third-order valence-corrected chi connectivity index (χ3v) is 4.88. The quantitative estimate of drug-likeness (QED) is 0.621. The monoisotopic (exact) mass is 286 g/mol. The van der Waals surface area contributed by atoms with Gasteiger partial charge in [-0.15, -0.1) is 0 Å². The SMILES string of the molecule is NC1CCN(S(=O)(=O)c2ncccc2[N+](=O)[O-])CC1. The van der Waals surface area contributed by atoms with Crippen LogP contribution in [0.2, 0.25) is 0 Å². The number of nitrogens with zero attached hydrogens (tertiary/aromatic N) is 3. The zero-order valence-electron chi connectivity index (χ0n) is 10.1. The van der Waals surface area contributed by atoms with Crippen molar-refractivity contribution in [1.29, 1.82) is 0 Å². The summed E-state index contributed by atoms with van der Waals surface area (Å²) in [5, 5.41) is 10.4. The van der Waals surface area contributed by atoms with Crippen molar-refractivity contribution in [3.05, 3.63) is 28.4 Å². The smallest absolute Gasteiger partial charge is 0.308 e. The summed E-state index contributed by atoms with van der Waals surface area (Å²) in [6, 6.07) is 2.45. The molecule has 1 fully saturated rings. The van der Waals surface area contributed by atoms with E-state index in [1.54, 1.807) is 0 Å². The van der Waals surface area contributed by atoms with Crippen LogP contribution in [-0.2, 0) is 10.0 Å². The van der Waals surface area contributed by atoms with Gasteiger partial charge in [0.2, 0.25) is 5.03 Å². The van der Waals surface area contributed by atoms with E-state index in [-0.39, 0.29) is 19.1 Å². The van der Waals surface area contributed by atoms with Crippen LogP contribution < -0.4 is 5.73 Å². The lowest BCUT2D eigenvalue weighted by Crippen LogP contribution is -2.43. The van der Waals surface area contributed by atoms with Crippen LogP contribution >= 0.6 is 0 Å². The van der Waals surface area contributed by atoms with Crippen LogP contribution in [0.3, 0.4) is 0 Å². The summed E-state index contributed by atoms with van der Waals surface area (Å²) < 4.78 is 25.9. The highest BCUT2D eigenvalue weighted by atomic mass is 32.2. The summed E-state index contributed by atoms with van der Waals surface area (Å²) in [6.07, 6.45) is 2.31. The first kappa shape index (κ1) is 13.8. The van der Waals surface area contributed by atoms with Crippen molar-refractivity contribution >= 4 is 15.7 Å². The molecule has 1 aromatic heterocycles. The van der Waals surface area contributed by atoms with Crippen LogP contribution in [0.25, 0.3) is 0 Å². The van der Waals surface area contributed by atoms with Crippen LogP contribution in [0.4, 0.5) is 5.69 Å². The minimum absolute atomic E-state index is 0.0230. The fraction of sp³-hybridized carbons (Fsp3) is 0.500. The molecule has 1 saturated heterocycles. The standard InChI is InChI=1S/C10H14N4O4S/c11-8-3-6-13(7-4-8)19(17,18)10-9(14(15)16)2-1-5-12-10/h1-2,5,8H,3-4,6-7,11H2. The van der Waals surface area contributed by atoms with E-state index in [0.717, 1.165) is 6.07 Å². The maximum absolute atomic E-state index is 12.3. The van der Waals surface area contributed by atoms with E-state index in [2.05, 4.69) is 4.98 Å². The Labute approximate surface area is 110 Å². The second-order valence-electron chi connectivity index (χ2n) is 4.33. The molecule has 0 aliphatic carbocycles. The topological polar surface area (TPSA) is 119 Å². The van der Waals surface area contributed by atoms with Crippen molar-refractivity contribution in [3.8, 4) is 0 Å². The first-order valence-corrected chi connectivity index (χ1v) is 7.22. The molecule has 2 rings (SSSR count). The maximum atomic E-state index is 12.3. The van der Waals surface area contributed by atoms with E-state index < -0.39 is 25.7 Å². The Kier molecular flexibility index (Phi) is 3.78. The predicted octanol–water partition coefficient (Wildman–Crippen LogP) is 0.102. The van der Waals surface area contributed by atoms with Crippen molar-refractivity contribution < 1.29 is 13.3 Å². The van der Waals surface area contributed by atoms with Gasteiger partial charge in [0.25, 0.3) is 10.0 Å². The van der Waals surface area contributed by atoms with Gasteiger partial charge in [-0.1, -0.05) is 0 Å². The molecule has 2 heterocycles. The van der Waals surface area contributed by atoms with Crippen molar-refractivity contribution in [3.63, 3.8) is 0 Å². The van der Waals surface area contributed by atoms with Crippen molar-refractivity contribution in [2.24, 2.45) is 5.73 Å². The normalized spacial score (nSPS) is 18.4. The molecule has 0 spiro atoms. The summed E-state index contributed by atoms with van der Waals surface area (Å²) in [7, 11) is -3.94. The molecule has 0 unspecified atom stereocenters. The van der Waals surface area contributed by atoms with E-state index >= 15 is 0 Å². The van der Waals surface area contributed by atoms with Gasteiger partial charge >= 0.3 is 5.69 Å². The molecular weight excluding hydrogens is 272 g/mol. The summed E-state index contributed by atoms with van der Waals surface area (Å²) in [5.74, 6) is 0. The number of nitro groups is 1. The molecule has 0 amide bonds. The number of piperidine rings is 1. The Balaban J connectivity index is 2.37. The van der Waals surface area contributed by atoms with Crippen LogP contribution in [0.1, 0.15) is 12.8 Å². The fourth-order valence-electron chi connectivity index (χ4n) is 1.96. The lowest BCUT2D eigenvalue weighted by Gasteiger charge is -2.28. The predicted molar refractivity (Wildman–Crippen MR) is 66.9 cm³/mol. The van der Waals surface area contributed by atoms with Gasteiger partial charge in [0, 0.05) is 31.4 Å². The molecule has 1 aromatic rings. The lowest BCUT2D eigenvalue weighted by molar-refractivity contribution is -0.388. The average molecular weight is 286 g/mol. The van der Waals surface area contributed by atoms with Gasteiger partial charge < -0.3 is 5.73 Å². The molecule has 9 heteroatoms. The van der Waals surface area contributed by atoms with Crippen LogP contribution in [-0.4, -0.2) is 41.8 Å². The Hall–Kier alpha value is -1.58. The third kappa shape index (κ3) is 2.72. The molecule has 8 nitrogen and oxygen atoms in total. The van der Waals surface area contributed by atoms with Crippen molar-refractivity contribution in [2.45, 2.75) is 23.9 Å². The van der Waals surface area contributed by atoms with Crippen molar-refractivity contribution in [2.75, 3.05) is 13.1 Å². The fourth-order valence-corrected chi connectivity index (χ4v) is 3.50. The van der Waals surface area contributed by atoms with E-state index in [1.807, 2.05) is 0 Å². The maximum Gasteiger partial charge on any atom is 0.308 e. The molecule has 1 aliphatic rings. The molecule has 0 saturated carbocycles. The minimum atomic E-state index is -3.94. The Morgan fingerprint density at radius 3 is 2.63 bits per heavy atom. The lowest BCUT2D eigenvalue weighted by atomic mass is 10.1. The second-order valence-corrected chi connectivity index (χ2v) is 6.18. The number of aromatic nitrogens is 1. The molecule has 0 atom stereocenters. The average Bonchev–Trinajstić information content (AvgIpc) is 2.39. The Morgan fingerprint density at radius 1 is 1.42 bits per heavy atom. The summed E-state index contributed by atoms with van der Waals surface area (Å²) in [5.41, 5.74) is 5.21. The van der Waals surface area contributed by atoms with E-state index in [0.29, 0.717) is 12.8 Å². The minimum Gasteiger partial charge on any atom is -0.328 e. The van der Waals surface area contributed by atoms with Gasteiger partial charge in [0.15, 0.2) is 0 Å². The van der Waals surface area contributed by atoms with Gasteiger partial charge in [-0.25, -0.2) is 13.4 Å². The van der Waals surface area contributed by atoms with Crippen molar-refractivity contribution in [1.82, 2.24) is 9.29 Å². The molecule has 2 N–H and O–H groups in total. The molecule has 0 bridgehead atoms. The molecule has 1 aliphatic heterocycles. The van der Waals surface area contributed by atoms with Gasteiger partial charge in [-0.2, -0.15) is 4.31 Å². The highest BCUT2D eigenvalue weighted by Gasteiger charge is 2.34. The number of nitrogens with two attached hydrogens (primary N) is 1. The van der Waals surface area contributed by atoms with E-state index in [9.17, 15) is 18.5 Å². The molecule has 0 radical (unpaired) electrons. The van der Waals surface area contributed by atoms with Crippen LogP contribution in [0.15, 0.2) is 23.4 Å². The zero-order valence-corrected chi connectivity index (χ0v) is 10.9. The molecule has 104 valence electrons. The molecule has 0 aromatic carbocycles. The number of hydrogen-bond donors (Lipinski definition) is 1. The molecular formula is C10H14N4O4S. The first-order chi connectivity index (χ1) is 8.93.